The molecule has 0 spiro atoms. The van der Waals surface area contributed by atoms with E-state index in [-0.39, 0.29) is 0 Å². The van der Waals surface area contributed by atoms with Crippen molar-refractivity contribution >= 4 is 22.1 Å². The number of nitrogens with two attached hydrogens (primary N) is 1. The molecule has 3 N–H and O–H groups in total. The van der Waals surface area contributed by atoms with Gasteiger partial charge in [0.2, 0.25) is 0 Å². The second-order valence-electron chi connectivity index (χ2n) is 4.88. The van der Waals surface area contributed by atoms with Gasteiger partial charge in [0.05, 0.1) is 6.54 Å². The Morgan fingerprint density at radius 1 is 1.25 bits per heavy atom. The molecule has 3 rings (SSSR count). The number of nitrogens with zero attached hydrogens (tertiary/aromatic N) is 3. The molecule has 102 valence electrons. The minimum atomic E-state index is 0.671. The van der Waals surface area contributed by atoms with Crippen LogP contribution in [0.5, 0.6) is 0 Å². The van der Waals surface area contributed by atoms with Crippen LogP contribution in [0.2, 0.25) is 0 Å². The van der Waals surface area contributed by atoms with Crippen molar-refractivity contribution in [1.29, 1.82) is 0 Å². The van der Waals surface area contributed by atoms with E-state index in [2.05, 4.69) is 15.3 Å². The SMILES string of the molecule is Cc1cc2c(NCc3nccn3C)ccc(N)c2cn1. The van der Waals surface area contributed by atoms with Gasteiger partial charge in [-0.3, -0.25) is 4.98 Å². The first-order chi connectivity index (χ1) is 9.65. The van der Waals surface area contributed by atoms with Gasteiger partial charge in [-0.1, -0.05) is 0 Å². The molecule has 0 saturated heterocycles. The largest absolute Gasteiger partial charge is 0.398 e. The maximum Gasteiger partial charge on any atom is 0.127 e. The van der Waals surface area contributed by atoms with Crippen molar-refractivity contribution in [2.45, 2.75) is 13.5 Å². The summed E-state index contributed by atoms with van der Waals surface area (Å²) in [5.41, 5.74) is 8.77. The summed E-state index contributed by atoms with van der Waals surface area (Å²) in [7, 11) is 1.99. The highest BCUT2D eigenvalue weighted by Crippen LogP contribution is 2.28. The van der Waals surface area contributed by atoms with Crippen LogP contribution in [-0.4, -0.2) is 14.5 Å². The second-order valence-corrected chi connectivity index (χ2v) is 4.88. The lowest BCUT2D eigenvalue weighted by atomic mass is 10.1. The highest BCUT2D eigenvalue weighted by molar-refractivity contribution is 6.00. The summed E-state index contributed by atoms with van der Waals surface area (Å²) in [5.74, 6) is 0.987. The van der Waals surface area contributed by atoms with E-state index in [4.69, 9.17) is 5.73 Å². The van der Waals surface area contributed by atoms with Crippen molar-refractivity contribution in [2.75, 3.05) is 11.1 Å². The van der Waals surface area contributed by atoms with Gasteiger partial charge in [0, 0.05) is 53.5 Å². The maximum absolute atomic E-state index is 6.01. The quantitative estimate of drug-likeness (QED) is 0.715. The zero-order valence-corrected chi connectivity index (χ0v) is 11.6. The van der Waals surface area contributed by atoms with Crippen molar-refractivity contribution in [3.8, 4) is 0 Å². The van der Waals surface area contributed by atoms with Crippen LogP contribution >= 0.6 is 0 Å². The molecule has 0 unspecified atom stereocenters. The molecule has 0 aliphatic heterocycles. The number of hydrogen-bond acceptors (Lipinski definition) is 4. The van der Waals surface area contributed by atoms with Crippen LogP contribution in [0, 0.1) is 6.92 Å². The van der Waals surface area contributed by atoms with Gasteiger partial charge in [-0.2, -0.15) is 0 Å². The average Bonchev–Trinajstić information content (AvgIpc) is 2.83. The lowest BCUT2D eigenvalue weighted by molar-refractivity contribution is 0.813. The molecule has 20 heavy (non-hydrogen) atoms. The summed E-state index contributed by atoms with van der Waals surface area (Å²) in [4.78, 5) is 8.62. The van der Waals surface area contributed by atoms with Crippen molar-refractivity contribution < 1.29 is 0 Å². The Bertz CT molecular complexity index is 760. The highest BCUT2D eigenvalue weighted by atomic mass is 15.1. The summed E-state index contributed by atoms with van der Waals surface area (Å²) in [6, 6.07) is 5.95. The summed E-state index contributed by atoms with van der Waals surface area (Å²) >= 11 is 0. The van der Waals surface area contributed by atoms with Crippen LogP contribution in [0.1, 0.15) is 11.5 Å². The monoisotopic (exact) mass is 267 g/mol. The van der Waals surface area contributed by atoms with Crippen LogP contribution in [0.25, 0.3) is 10.8 Å². The van der Waals surface area contributed by atoms with E-state index in [1.165, 1.54) is 0 Å². The van der Waals surface area contributed by atoms with Crippen LogP contribution in [0.4, 0.5) is 11.4 Å². The number of rotatable bonds is 3. The zero-order chi connectivity index (χ0) is 14.1. The van der Waals surface area contributed by atoms with Gasteiger partial charge in [0.1, 0.15) is 5.82 Å². The first kappa shape index (κ1) is 12.5. The molecule has 0 bridgehead atoms. The third-order valence-electron chi connectivity index (χ3n) is 3.43. The Morgan fingerprint density at radius 2 is 2.10 bits per heavy atom. The third-order valence-corrected chi connectivity index (χ3v) is 3.43. The van der Waals surface area contributed by atoms with Crippen molar-refractivity contribution in [3.05, 3.63) is 48.3 Å². The van der Waals surface area contributed by atoms with Gasteiger partial charge in [-0.25, -0.2) is 4.98 Å². The second kappa shape index (κ2) is 4.85. The molecule has 0 fully saturated rings. The van der Waals surface area contributed by atoms with Crippen molar-refractivity contribution in [3.63, 3.8) is 0 Å². The van der Waals surface area contributed by atoms with Gasteiger partial charge in [0.15, 0.2) is 0 Å². The molecule has 0 aliphatic carbocycles. The normalized spacial score (nSPS) is 10.9. The van der Waals surface area contributed by atoms with Crippen LogP contribution in [-0.2, 0) is 13.6 Å². The van der Waals surface area contributed by atoms with E-state index < -0.39 is 0 Å². The van der Waals surface area contributed by atoms with Gasteiger partial charge in [-0.15, -0.1) is 0 Å². The fourth-order valence-corrected chi connectivity index (χ4v) is 2.26. The molecular formula is C15H17N5. The number of nitrogens with one attached hydrogen (secondary N) is 1. The number of fused-ring (bicyclic) bond motifs is 1. The van der Waals surface area contributed by atoms with Gasteiger partial charge >= 0.3 is 0 Å². The van der Waals surface area contributed by atoms with Crippen molar-refractivity contribution in [1.82, 2.24) is 14.5 Å². The lowest BCUT2D eigenvalue weighted by Gasteiger charge is -2.11. The van der Waals surface area contributed by atoms with Gasteiger partial charge in [-0.05, 0) is 25.1 Å². The number of hydrogen-bond donors (Lipinski definition) is 2. The van der Waals surface area contributed by atoms with E-state index in [0.717, 1.165) is 33.7 Å². The Balaban J connectivity index is 1.97. The number of anilines is 2. The molecule has 0 amide bonds. The number of benzene rings is 1. The van der Waals surface area contributed by atoms with E-state index in [9.17, 15) is 0 Å². The predicted octanol–water partition coefficient (Wildman–Crippen LogP) is 2.47. The third kappa shape index (κ3) is 2.18. The van der Waals surface area contributed by atoms with Crippen LogP contribution in [0.3, 0.4) is 0 Å². The average molecular weight is 267 g/mol. The molecule has 1 aromatic carbocycles. The molecule has 0 aliphatic rings. The molecule has 0 atom stereocenters. The van der Waals surface area contributed by atoms with Gasteiger partial charge in [0.25, 0.3) is 0 Å². The predicted molar refractivity (Wildman–Crippen MR) is 81.4 cm³/mol. The van der Waals surface area contributed by atoms with Crippen LogP contribution < -0.4 is 11.1 Å². The van der Waals surface area contributed by atoms with E-state index in [1.54, 1.807) is 6.20 Å². The number of nitrogen functional groups attached to an aromatic ring is 1. The standard InChI is InChI=1S/C15H17N5/c1-10-7-11-12(8-18-10)13(16)3-4-14(11)19-9-15-17-5-6-20(15)2/h3-8,19H,9,16H2,1-2H3. The fraction of sp³-hybridized carbons (Fsp3) is 0.200. The molecule has 3 aromatic rings. The molecule has 0 saturated carbocycles. The van der Waals surface area contributed by atoms with E-state index in [0.29, 0.717) is 6.54 Å². The summed E-state index contributed by atoms with van der Waals surface area (Å²) in [5, 5.41) is 5.48. The van der Waals surface area contributed by atoms with Crippen LogP contribution in [0.15, 0.2) is 36.8 Å². The first-order valence-electron chi connectivity index (χ1n) is 6.50. The number of aromatic nitrogens is 3. The smallest absolute Gasteiger partial charge is 0.127 e. The summed E-state index contributed by atoms with van der Waals surface area (Å²) in [6.45, 7) is 2.65. The molecule has 2 heterocycles. The molecule has 0 radical (unpaired) electrons. The Morgan fingerprint density at radius 3 is 2.85 bits per heavy atom. The minimum absolute atomic E-state index is 0.671. The Labute approximate surface area is 117 Å². The Hall–Kier alpha value is -2.56. The van der Waals surface area contributed by atoms with E-state index >= 15 is 0 Å². The maximum atomic E-state index is 6.01. The molecule has 5 heteroatoms. The van der Waals surface area contributed by atoms with Crippen molar-refractivity contribution in [2.24, 2.45) is 7.05 Å². The van der Waals surface area contributed by atoms with E-state index in [1.807, 2.05) is 49.1 Å². The number of pyridine rings is 1. The lowest BCUT2D eigenvalue weighted by Crippen LogP contribution is -2.06. The van der Waals surface area contributed by atoms with Gasteiger partial charge < -0.3 is 15.6 Å². The zero-order valence-electron chi connectivity index (χ0n) is 11.6. The molecule has 2 aromatic heterocycles. The summed E-state index contributed by atoms with van der Waals surface area (Å²) in [6.07, 6.45) is 5.56. The molecular weight excluding hydrogens is 250 g/mol. The number of imidazole rings is 1. The molecule has 5 nitrogen and oxygen atoms in total. The topological polar surface area (TPSA) is 68.8 Å². The summed E-state index contributed by atoms with van der Waals surface area (Å²) < 4.78 is 2.00. The highest BCUT2D eigenvalue weighted by Gasteiger charge is 2.06. The number of aryl methyl sites for hydroxylation is 2. The fourth-order valence-electron chi connectivity index (χ4n) is 2.26. The first-order valence-corrected chi connectivity index (χ1v) is 6.50. The Kier molecular flexibility index (Phi) is 3.02. The minimum Gasteiger partial charge on any atom is -0.398 e.